The number of aliphatic carboxylic acids is 1. The van der Waals surface area contributed by atoms with Crippen LogP contribution in [0.5, 0.6) is 0 Å². The van der Waals surface area contributed by atoms with Gasteiger partial charge in [0.2, 0.25) is 0 Å². The molecule has 0 unspecified atom stereocenters. The monoisotopic (exact) mass is 384 g/mol. The van der Waals surface area contributed by atoms with Crippen LogP contribution in [0.3, 0.4) is 0 Å². The lowest BCUT2D eigenvalue weighted by molar-refractivity contribution is -0.187. The van der Waals surface area contributed by atoms with Crippen LogP contribution in [0.1, 0.15) is 29.5 Å². The van der Waals surface area contributed by atoms with Gasteiger partial charge in [0.15, 0.2) is 0 Å². The molecule has 0 spiro atoms. The zero-order valence-electron chi connectivity index (χ0n) is 15.3. The van der Waals surface area contributed by atoms with E-state index in [1.807, 2.05) is 26.0 Å². The van der Waals surface area contributed by atoms with E-state index < -0.39 is 43.1 Å². The fourth-order valence-corrected chi connectivity index (χ4v) is 4.01. The maximum Gasteiger partial charge on any atom is 0.394 e. The summed E-state index contributed by atoms with van der Waals surface area (Å²) < 4.78 is 39.2. The highest BCUT2D eigenvalue weighted by molar-refractivity contribution is 5.78. The van der Waals surface area contributed by atoms with Crippen molar-refractivity contribution in [2.45, 2.75) is 38.3 Å². The second-order valence-electron chi connectivity index (χ2n) is 7.76. The molecule has 0 bridgehead atoms. The molecule has 2 amide bonds. The normalized spacial score (nSPS) is 24.0. The fraction of sp³-hybridized carbons (Fsp3) is 0.579. The van der Waals surface area contributed by atoms with Gasteiger partial charge in [-0.3, -0.25) is 4.79 Å². The molecule has 1 saturated heterocycles. The van der Waals surface area contributed by atoms with E-state index >= 15 is 0 Å². The number of likely N-dealkylation sites (tertiary alicyclic amines) is 1. The minimum absolute atomic E-state index is 0.178. The Morgan fingerprint density at radius 1 is 1.26 bits per heavy atom. The second kappa shape index (κ2) is 6.73. The van der Waals surface area contributed by atoms with E-state index in [4.69, 9.17) is 5.11 Å². The Bertz CT molecular complexity index is 759. The zero-order valence-corrected chi connectivity index (χ0v) is 15.3. The summed E-state index contributed by atoms with van der Waals surface area (Å²) in [6.45, 7) is 3.29. The van der Waals surface area contributed by atoms with Gasteiger partial charge in [-0.05, 0) is 37.8 Å². The van der Waals surface area contributed by atoms with Crippen LogP contribution in [0.4, 0.5) is 18.0 Å². The molecule has 1 saturated carbocycles. The van der Waals surface area contributed by atoms with Gasteiger partial charge in [0.05, 0.1) is 11.8 Å². The molecular formula is C19H23F3N2O3. The van der Waals surface area contributed by atoms with Crippen LogP contribution in [-0.4, -0.2) is 47.8 Å². The van der Waals surface area contributed by atoms with Gasteiger partial charge < -0.3 is 15.3 Å². The zero-order chi connectivity index (χ0) is 20.0. The molecule has 5 nitrogen and oxygen atoms in total. The second-order valence-corrected chi connectivity index (χ2v) is 7.76. The number of carboxylic acid groups (broad SMARTS) is 1. The fourth-order valence-electron chi connectivity index (χ4n) is 4.01. The van der Waals surface area contributed by atoms with Gasteiger partial charge in [-0.25, -0.2) is 4.79 Å². The highest BCUT2D eigenvalue weighted by Gasteiger charge is 2.54. The quantitative estimate of drug-likeness (QED) is 0.837. The predicted octanol–water partition coefficient (Wildman–Crippen LogP) is 3.24. The molecule has 1 aromatic rings. The van der Waals surface area contributed by atoms with Gasteiger partial charge in [0.25, 0.3) is 0 Å². The maximum atomic E-state index is 13.1. The van der Waals surface area contributed by atoms with Crippen molar-refractivity contribution in [3.05, 3.63) is 34.9 Å². The number of urea groups is 1. The van der Waals surface area contributed by atoms with Gasteiger partial charge in [-0.1, -0.05) is 23.8 Å². The summed E-state index contributed by atoms with van der Waals surface area (Å²) in [5.74, 6) is -5.18. The van der Waals surface area contributed by atoms with Crippen LogP contribution in [0.15, 0.2) is 18.2 Å². The maximum absolute atomic E-state index is 13.1. The average molecular weight is 384 g/mol. The number of amides is 2. The van der Waals surface area contributed by atoms with E-state index in [9.17, 15) is 22.8 Å². The van der Waals surface area contributed by atoms with Crippen molar-refractivity contribution in [3.8, 4) is 0 Å². The number of carbonyl (C=O) groups is 2. The number of carboxylic acids is 1. The van der Waals surface area contributed by atoms with Gasteiger partial charge >= 0.3 is 18.2 Å². The lowest BCUT2D eigenvalue weighted by Gasteiger charge is -2.23. The Labute approximate surface area is 155 Å². The van der Waals surface area contributed by atoms with E-state index in [0.717, 1.165) is 34.4 Å². The third-order valence-corrected chi connectivity index (χ3v) is 5.73. The van der Waals surface area contributed by atoms with Crippen molar-refractivity contribution in [2.24, 2.45) is 11.8 Å². The van der Waals surface area contributed by atoms with Crippen molar-refractivity contribution in [2.75, 3.05) is 19.6 Å². The number of benzene rings is 1. The molecule has 1 aliphatic carbocycles. The number of nitrogens with zero attached hydrogens (tertiary/aromatic N) is 1. The number of hydrogen-bond acceptors (Lipinski definition) is 2. The van der Waals surface area contributed by atoms with Crippen molar-refractivity contribution < 1.29 is 27.9 Å². The summed E-state index contributed by atoms with van der Waals surface area (Å²) in [6.07, 6.45) is -2.84. The van der Waals surface area contributed by atoms with Gasteiger partial charge in [-0.2, -0.15) is 13.2 Å². The van der Waals surface area contributed by atoms with Gasteiger partial charge in [0.1, 0.15) is 0 Å². The van der Waals surface area contributed by atoms with Crippen molar-refractivity contribution in [3.63, 3.8) is 0 Å². The van der Waals surface area contributed by atoms with E-state index in [1.165, 1.54) is 0 Å². The number of hydrogen-bond donors (Lipinski definition) is 2. The van der Waals surface area contributed by atoms with Gasteiger partial charge in [0, 0.05) is 25.0 Å². The molecule has 148 valence electrons. The Hall–Kier alpha value is -2.25. The standard InChI is InChI=1S/C19H23F3N2O3/c1-11-3-4-14(12(2)7-11)18(5-6-18)10-23-17(27)24-8-13(16(25)26)15(9-24)19(20,21)22/h3-4,7,13,15H,5-6,8-10H2,1-2H3,(H,23,27)(H,25,26)/t13-,15-/m1/s1. The van der Waals surface area contributed by atoms with E-state index in [-0.39, 0.29) is 5.41 Å². The number of carbonyl (C=O) groups excluding carboxylic acids is 1. The van der Waals surface area contributed by atoms with Gasteiger partial charge in [-0.15, -0.1) is 0 Å². The predicted molar refractivity (Wildman–Crippen MR) is 92.5 cm³/mol. The first-order valence-corrected chi connectivity index (χ1v) is 8.93. The molecule has 2 atom stereocenters. The summed E-state index contributed by atoms with van der Waals surface area (Å²) in [4.78, 5) is 24.5. The summed E-state index contributed by atoms with van der Waals surface area (Å²) >= 11 is 0. The number of aryl methyl sites for hydroxylation is 2. The van der Waals surface area contributed by atoms with Crippen LogP contribution in [0, 0.1) is 25.7 Å². The molecule has 2 N–H and O–H groups in total. The molecule has 1 aromatic carbocycles. The lowest BCUT2D eigenvalue weighted by Crippen LogP contribution is -2.42. The summed E-state index contributed by atoms with van der Waals surface area (Å²) in [7, 11) is 0. The largest absolute Gasteiger partial charge is 0.481 e. The Balaban J connectivity index is 1.65. The number of nitrogens with one attached hydrogen (secondary N) is 1. The topological polar surface area (TPSA) is 69.6 Å². The highest BCUT2D eigenvalue weighted by Crippen LogP contribution is 2.49. The first-order valence-electron chi connectivity index (χ1n) is 8.93. The molecule has 8 heteroatoms. The highest BCUT2D eigenvalue weighted by atomic mass is 19.4. The summed E-state index contributed by atoms with van der Waals surface area (Å²) in [5, 5.41) is 11.8. The molecule has 0 aromatic heterocycles. The van der Waals surface area contributed by atoms with Crippen LogP contribution in [0.2, 0.25) is 0 Å². The number of rotatable bonds is 4. The van der Waals surface area contributed by atoms with Crippen LogP contribution < -0.4 is 5.32 Å². The van der Waals surface area contributed by atoms with Crippen LogP contribution >= 0.6 is 0 Å². The first kappa shape index (κ1) is 19.5. The Kier molecular flexibility index (Phi) is 4.86. The van der Waals surface area contributed by atoms with E-state index in [0.29, 0.717) is 6.54 Å². The molecule has 2 fully saturated rings. The SMILES string of the molecule is Cc1ccc(C2(CNC(=O)N3C[C@@H](C(F)(F)F)[C@H](C(=O)O)C3)CC2)c(C)c1. The minimum atomic E-state index is -4.64. The van der Waals surface area contributed by atoms with Crippen LogP contribution in [0.25, 0.3) is 0 Å². The lowest BCUT2D eigenvalue weighted by atomic mass is 9.91. The molecule has 1 aliphatic heterocycles. The van der Waals surface area contributed by atoms with Crippen LogP contribution in [-0.2, 0) is 10.2 Å². The average Bonchev–Trinajstić information content (AvgIpc) is 3.18. The Morgan fingerprint density at radius 2 is 1.93 bits per heavy atom. The van der Waals surface area contributed by atoms with E-state index in [2.05, 4.69) is 11.4 Å². The molecule has 1 heterocycles. The molecule has 2 aliphatic rings. The molecule has 27 heavy (non-hydrogen) atoms. The molecular weight excluding hydrogens is 361 g/mol. The molecule has 0 radical (unpaired) electrons. The van der Waals surface area contributed by atoms with E-state index in [1.54, 1.807) is 0 Å². The number of alkyl halides is 3. The third-order valence-electron chi connectivity index (χ3n) is 5.73. The minimum Gasteiger partial charge on any atom is -0.481 e. The van der Waals surface area contributed by atoms with Crippen molar-refractivity contribution in [1.82, 2.24) is 10.2 Å². The first-order chi connectivity index (χ1) is 12.5. The molecule has 3 rings (SSSR count). The third kappa shape index (κ3) is 3.89. The van der Waals surface area contributed by atoms with Crippen molar-refractivity contribution >= 4 is 12.0 Å². The number of halogens is 3. The smallest absolute Gasteiger partial charge is 0.394 e. The van der Waals surface area contributed by atoms with Crippen molar-refractivity contribution in [1.29, 1.82) is 0 Å². The summed E-state index contributed by atoms with van der Waals surface area (Å²) in [6, 6.07) is 5.49. The Morgan fingerprint density at radius 3 is 2.41 bits per heavy atom. The summed E-state index contributed by atoms with van der Waals surface area (Å²) in [5.41, 5.74) is 3.24.